The molecule has 0 amide bonds. The van der Waals surface area contributed by atoms with Crippen LogP contribution in [0.1, 0.15) is 19.8 Å². The van der Waals surface area contributed by atoms with Gasteiger partial charge in [-0.15, -0.1) is 0 Å². The fraction of sp³-hybridized carbons (Fsp3) is 0.333. The quantitative estimate of drug-likeness (QED) is 0.807. The summed E-state index contributed by atoms with van der Waals surface area (Å²) in [6.07, 6.45) is 2.78. The third kappa shape index (κ3) is 1.78. The van der Waals surface area contributed by atoms with Gasteiger partial charge in [-0.25, -0.2) is 0 Å². The molecule has 0 radical (unpaired) electrons. The van der Waals surface area contributed by atoms with Crippen LogP contribution in [0, 0.1) is 5.92 Å². The molecule has 1 aliphatic rings. The standard InChI is InChI=1S/C15H17N/c1-11(12-9-10-12)16-15-8-4-6-13-5-2-3-7-14(13)15/h2-8,11-12,16H,9-10H2,1H3. The first-order chi connectivity index (χ1) is 7.84. The van der Waals surface area contributed by atoms with E-state index >= 15 is 0 Å². The first-order valence-corrected chi connectivity index (χ1v) is 6.09. The molecule has 0 aliphatic heterocycles. The van der Waals surface area contributed by atoms with Gasteiger partial charge in [-0.3, -0.25) is 0 Å². The Kier molecular flexibility index (Phi) is 2.32. The molecular formula is C15H17N. The molecule has 0 bridgehead atoms. The molecule has 2 aromatic carbocycles. The molecule has 82 valence electrons. The van der Waals surface area contributed by atoms with Gasteiger partial charge in [-0.1, -0.05) is 36.4 Å². The van der Waals surface area contributed by atoms with Crippen molar-refractivity contribution < 1.29 is 0 Å². The van der Waals surface area contributed by atoms with Crippen LogP contribution in [0.2, 0.25) is 0 Å². The highest BCUT2D eigenvalue weighted by atomic mass is 14.9. The Morgan fingerprint density at radius 1 is 1.06 bits per heavy atom. The number of fused-ring (bicyclic) bond motifs is 1. The summed E-state index contributed by atoms with van der Waals surface area (Å²) in [4.78, 5) is 0. The van der Waals surface area contributed by atoms with Crippen LogP contribution < -0.4 is 5.32 Å². The van der Waals surface area contributed by atoms with Gasteiger partial charge in [0.1, 0.15) is 0 Å². The normalized spacial score (nSPS) is 17.3. The minimum atomic E-state index is 0.603. The van der Waals surface area contributed by atoms with Crippen LogP contribution in [-0.2, 0) is 0 Å². The van der Waals surface area contributed by atoms with E-state index in [1.165, 1.54) is 29.3 Å². The Morgan fingerprint density at radius 2 is 1.81 bits per heavy atom. The zero-order valence-corrected chi connectivity index (χ0v) is 9.61. The molecule has 1 aliphatic carbocycles. The Morgan fingerprint density at radius 3 is 2.62 bits per heavy atom. The van der Waals surface area contributed by atoms with Crippen LogP contribution >= 0.6 is 0 Å². The Hall–Kier alpha value is -1.50. The summed E-state index contributed by atoms with van der Waals surface area (Å²) >= 11 is 0. The molecule has 1 fully saturated rings. The summed E-state index contributed by atoms with van der Waals surface area (Å²) in [5.74, 6) is 0.888. The molecule has 0 spiro atoms. The minimum absolute atomic E-state index is 0.603. The molecular weight excluding hydrogens is 194 g/mol. The van der Waals surface area contributed by atoms with Crippen molar-refractivity contribution in [2.24, 2.45) is 5.92 Å². The van der Waals surface area contributed by atoms with Gasteiger partial charge < -0.3 is 5.32 Å². The summed E-state index contributed by atoms with van der Waals surface area (Å²) in [6.45, 7) is 2.29. The lowest BCUT2D eigenvalue weighted by molar-refractivity contribution is 0.695. The molecule has 3 rings (SSSR count). The predicted molar refractivity (Wildman–Crippen MR) is 69.8 cm³/mol. The maximum Gasteiger partial charge on any atom is 0.0422 e. The zero-order chi connectivity index (χ0) is 11.0. The van der Waals surface area contributed by atoms with Crippen molar-refractivity contribution in [3.63, 3.8) is 0 Å². The van der Waals surface area contributed by atoms with Gasteiger partial charge in [0.15, 0.2) is 0 Å². The number of anilines is 1. The predicted octanol–water partition coefficient (Wildman–Crippen LogP) is 4.05. The average Bonchev–Trinajstić information content (AvgIpc) is 3.13. The van der Waals surface area contributed by atoms with Crippen LogP contribution in [0.5, 0.6) is 0 Å². The average molecular weight is 211 g/mol. The van der Waals surface area contributed by atoms with Crippen LogP contribution in [0.15, 0.2) is 42.5 Å². The van der Waals surface area contributed by atoms with Crippen molar-refractivity contribution in [1.29, 1.82) is 0 Å². The van der Waals surface area contributed by atoms with Crippen LogP contribution in [0.4, 0.5) is 5.69 Å². The van der Waals surface area contributed by atoms with E-state index < -0.39 is 0 Å². The smallest absolute Gasteiger partial charge is 0.0422 e. The van der Waals surface area contributed by atoms with Gasteiger partial charge in [0.2, 0.25) is 0 Å². The van der Waals surface area contributed by atoms with E-state index in [1.807, 2.05) is 0 Å². The van der Waals surface area contributed by atoms with Crippen molar-refractivity contribution in [1.82, 2.24) is 0 Å². The third-order valence-corrected chi connectivity index (χ3v) is 3.50. The Balaban J connectivity index is 1.95. The second-order valence-corrected chi connectivity index (χ2v) is 4.80. The van der Waals surface area contributed by atoms with Gasteiger partial charge in [-0.2, -0.15) is 0 Å². The van der Waals surface area contributed by atoms with E-state index in [-0.39, 0.29) is 0 Å². The molecule has 1 heteroatoms. The highest BCUT2D eigenvalue weighted by Gasteiger charge is 2.27. The Bertz CT molecular complexity index is 494. The molecule has 1 atom stereocenters. The first kappa shape index (κ1) is 9.71. The van der Waals surface area contributed by atoms with Gasteiger partial charge in [0.25, 0.3) is 0 Å². The van der Waals surface area contributed by atoms with E-state index in [4.69, 9.17) is 0 Å². The summed E-state index contributed by atoms with van der Waals surface area (Å²) in [6, 6.07) is 15.6. The third-order valence-electron chi connectivity index (χ3n) is 3.50. The molecule has 0 aromatic heterocycles. The maximum absolute atomic E-state index is 3.65. The second-order valence-electron chi connectivity index (χ2n) is 4.80. The number of hydrogen-bond donors (Lipinski definition) is 1. The number of rotatable bonds is 3. The fourth-order valence-electron chi connectivity index (χ4n) is 2.31. The van der Waals surface area contributed by atoms with E-state index in [9.17, 15) is 0 Å². The summed E-state index contributed by atoms with van der Waals surface area (Å²) in [5, 5.41) is 6.29. The first-order valence-electron chi connectivity index (χ1n) is 6.09. The van der Waals surface area contributed by atoms with E-state index in [2.05, 4.69) is 54.7 Å². The second kappa shape index (κ2) is 3.82. The number of nitrogens with one attached hydrogen (secondary N) is 1. The SMILES string of the molecule is CC(Nc1cccc2ccccc12)C1CC1. The van der Waals surface area contributed by atoms with Gasteiger partial charge in [0, 0.05) is 17.1 Å². The molecule has 2 aromatic rings. The monoisotopic (exact) mass is 211 g/mol. The largest absolute Gasteiger partial charge is 0.382 e. The summed E-state index contributed by atoms with van der Waals surface area (Å²) in [5.41, 5.74) is 1.28. The molecule has 0 saturated heterocycles. The van der Waals surface area contributed by atoms with Crippen molar-refractivity contribution in [2.75, 3.05) is 5.32 Å². The van der Waals surface area contributed by atoms with E-state index in [1.54, 1.807) is 0 Å². The van der Waals surface area contributed by atoms with Crippen LogP contribution in [0.3, 0.4) is 0 Å². The van der Waals surface area contributed by atoms with Gasteiger partial charge in [-0.05, 0) is 37.1 Å². The minimum Gasteiger partial charge on any atom is -0.382 e. The number of hydrogen-bond acceptors (Lipinski definition) is 1. The molecule has 1 saturated carbocycles. The van der Waals surface area contributed by atoms with Crippen LogP contribution in [0.25, 0.3) is 10.8 Å². The summed E-state index contributed by atoms with van der Waals surface area (Å²) < 4.78 is 0. The Labute approximate surface area is 96.5 Å². The van der Waals surface area contributed by atoms with Gasteiger partial charge in [0.05, 0.1) is 0 Å². The van der Waals surface area contributed by atoms with Crippen molar-refractivity contribution in [2.45, 2.75) is 25.8 Å². The fourth-order valence-corrected chi connectivity index (χ4v) is 2.31. The van der Waals surface area contributed by atoms with Crippen molar-refractivity contribution in [3.05, 3.63) is 42.5 Å². The lowest BCUT2D eigenvalue weighted by Gasteiger charge is -2.16. The van der Waals surface area contributed by atoms with Crippen LogP contribution in [-0.4, -0.2) is 6.04 Å². The molecule has 1 unspecified atom stereocenters. The molecule has 1 N–H and O–H groups in total. The van der Waals surface area contributed by atoms with Gasteiger partial charge >= 0.3 is 0 Å². The number of benzene rings is 2. The topological polar surface area (TPSA) is 12.0 Å². The lowest BCUT2D eigenvalue weighted by atomic mass is 10.1. The van der Waals surface area contributed by atoms with Crippen molar-refractivity contribution >= 4 is 16.5 Å². The zero-order valence-electron chi connectivity index (χ0n) is 9.61. The molecule has 16 heavy (non-hydrogen) atoms. The van der Waals surface area contributed by atoms with E-state index in [0.29, 0.717) is 6.04 Å². The summed E-state index contributed by atoms with van der Waals surface area (Å²) in [7, 11) is 0. The lowest BCUT2D eigenvalue weighted by Crippen LogP contribution is -2.17. The highest BCUT2D eigenvalue weighted by Crippen LogP contribution is 2.35. The van der Waals surface area contributed by atoms with Crippen molar-refractivity contribution in [3.8, 4) is 0 Å². The van der Waals surface area contributed by atoms with E-state index in [0.717, 1.165) is 5.92 Å². The maximum atomic E-state index is 3.65. The highest BCUT2D eigenvalue weighted by molar-refractivity contribution is 5.93. The molecule has 0 heterocycles. The molecule has 1 nitrogen and oxygen atoms in total.